The summed E-state index contributed by atoms with van der Waals surface area (Å²) in [4.78, 5) is 27.6. The molecule has 0 saturated carbocycles. The first-order chi connectivity index (χ1) is 15.0. The van der Waals surface area contributed by atoms with E-state index in [1.165, 1.54) is 6.07 Å². The van der Waals surface area contributed by atoms with E-state index in [0.717, 1.165) is 36.5 Å². The lowest BCUT2D eigenvalue weighted by molar-refractivity contribution is -0.140. The fraction of sp³-hybridized carbons (Fsp3) is 0.0500. The van der Waals surface area contributed by atoms with Crippen molar-refractivity contribution >= 4 is 29.1 Å². The first kappa shape index (κ1) is 22.9. The Morgan fingerprint density at radius 2 is 1.72 bits per heavy atom. The number of benzene rings is 2. The van der Waals surface area contributed by atoms with Crippen LogP contribution in [0.1, 0.15) is 26.4 Å². The van der Waals surface area contributed by atoms with E-state index < -0.39 is 46.5 Å². The summed E-state index contributed by atoms with van der Waals surface area (Å²) < 4.78 is 73.0. The predicted molar refractivity (Wildman–Crippen MR) is 104 cm³/mol. The number of pyridine rings is 1. The van der Waals surface area contributed by atoms with Gasteiger partial charge in [0.2, 0.25) is 0 Å². The third kappa shape index (κ3) is 4.94. The molecule has 0 unspecified atom stereocenters. The molecule has 1 heterocycles. The van der Waals surface area contributed by atoms with Crippen LogP contribution in [0.2, 0.25) is 5.02 Å². The molecule has 166 valence electrons. The summed E-state index contributed by atoms with van der Waals surface area (Å²) >= 11 is 5.84. The molecule has 2 aromatic carbocycles. The Morgan fingerprint density at radius 1 is 1.03 bits per heavy atom. The van der Waals surface area contributed by atoms with Crippen LogP contribution in [-0.4, -0.2) is 16.8 Å². The van der Waals surface area contributed by atoms with E-state index in [2.05, 4.69) is 10.3 Å². The molecule has 0 aliphatic carbocycles. The van der Waals surface area contributed by atoms with Gasteiger partial charge in [0.05, 0.1) is 10.6 Å². The van der Waals surface area contributed by atoms with Crippen LogP contribution in [0, 0.1) is 11.6 Å². The van der Waals surface area contributed by atoms with Crippen LogP contribution in [0.3, 0.4) is 0 Å². The monoisotopic (exact) mass is 471 g/mol. The number of hydrogen-bond donors (Lipinski definition) is 2. The lowest BCUT2D eigenvalue weighted by Crippen LogP contribution is -2.19. The van der Waals surface area contributed by atoms with E-state index in [-0.39, 0.29) is 22.2 Å². The lowest BCUT2D eigenvalue weighted by atomic mass is 10.1. The van der Waals surface area contributed by atoms with E-state index in [4.69, 9.17) is 22.1 Å². The zero-order valence-corrected chi connectivity index (χ0v) is 16.4. The maximum atomic E-state index is 14.8. The van der Waals surface area contributed by atoms with Gasteiger partial charge in [0.15, 0.2) is 5.82 Å². The number of anilines is 1. The number of halogens is 6. The molecule has 0 fully saturated rings. The Morgan fingerprint density at radius 3 is 2.34 bits per heavy atom. The number of rotatable bonds is 5. The molecule has 0 aliphatic rings. The van der Waals surface area contributed by atoms with Crippen LogP contribution in [-0.2, 0) is 6.18 Å². The van der Waals surface area contributed by atoms with Crippen LogP contribution in [0.15, 0.2) is 48.7 Å². The van der Waals surface area contributed by atoms with E-state index in [9.17, 15) is 31.5 Å². The highest BCUT2D eigenvalue weighted by molar-refractivity contribution is 6.32. The van der Waals surface area contributed by atoms with Gasteiger partial charge in [-0.3, -0.25) is 14.6 Å². The number of nitrogens with one attached hydrogen (secondary N) is 1. The Labute approximate surface area is 181 Å². The van der Waals surface area contributed by atoms with Crippen molar-refractivity contribution in [2.75, 3.05) is 5.32 Å². The number of aromatic nitrogens is 1. The Kier molecular flexibility index (Phi) is 6.30. The van der Waals surface area contributed by atoms with Crippen LogP contribution < -0.4 is 15.8 Å². The van der Waals surface area contributed by atoms with Gasteiger partial charge in [-0.1, -0.05) is 11.6 Å². The number of carbonyl (C=O) groups excluding carboxylic acids is 2. The summed E-state index contributed by atoms with van der Waals surface area (Å²) in [5.41, 5.74) is 1.93. The molecule has 0 radical (unpaired) electrons. The van der Waals surface area contributed by atoms with Crippen molar-refractivity contribution in [3.63, 3.8) is 0 Å². The van der Waals surface area contributed by atoms with E-state index >= 15 is 0 Å². The van der Waals surface area contributed by atoms with E-state index in [1.54, 1.807) is 0 Å². The van der Waals surface area contributed by atoms with Gasteiger partial charge >= 0.3 is 6.18 Å². The van der Waals surface area contributed by atoms with Crippen LogP contribution in [0.4, 0.5) is 27.6 Å². The summed E-state index contributed by atoms with van der Waals surface area (Å²) in [5.74, 6) is -5.74. The molecule has 0 saturated heterocycles. The van der Waals surface area contributed by atoms with Crippen molar-refractivity contribution in [2.24, 2.45) is 5.73 Å². The zero-order valence-electron chi connectivity index (χ0n) is 15.6. The van der Waals surface area contributed by atoms with E-state index in [1.807, 2.05) is 0 Å². The van der Waals surface area contributed by atoms with Crippen molar-refractivity contribution < 1.29 is 36.3 Å². The fourth-order valence-electron chi connectivity index (χ4n) is 2.59. The molecular weight excluding hydrogens is 461 g/mol. The van der Waals surface area contributed by atoms with Gasteiger partial charge in [-0.05, 0) is 42.5 Å². The van der Waals surface area contributed by atoms with Crippen molar-refractivity contribution in [3.05, 3.63) is 82.1 Å². The first-order valence-electron chi connectivity index (χ1n) is 8.57. The van der Waals surface area contributed by atoms with Crippen molar-refractivity contribution in [2.45, 2.75) is 6.18 Å². The smallest absolute Gasteiger partial charge is 0.419 e. The second-order valence-corrected chi connectivity index (χ2v) is 6.63. The first-order valence-corrected chi connectivity index (χ1v) is 8.95. The lowest BCUT2D eigenvalue weighted by Gasteiger charge is -2.16. The number of amides is 2. The molecule has 12 heteroatoms. The molecular formula is C20H11ClF5N3O3. The zero-order chi connectivity index (χ0) is 23.6. The third-order valence-electron chi connectivity index (χ3n) is 4.02. The molecule has 0 spiro atoms. The van der Waals surface area contributed by atoms with E-state index in [0.29, 0.717) is 6.07 Å². The number of nitrogens with two attached hydrogens (primary N) is 1. The molecule has 6 nitrogen and oxygen atoms in total. The van der Waals surface area contributed by atoms with Gasteiger partial charge in [-0.25, -0.2) is 8.78 Å². The quantitative estimate of drug-likeness (QED) is 0.502. The molecule has 1 aromatic heterocycles. The molecule has 3 aromatic rings. The minimum absolute atomic E-state index is 0.0959. The highest BCUT2D eigenvalue weighted by Crippen LogP contribution is 2.38. The minimum atomic E-state index is -5.11. The minimum Gasteiger partial charge on any atom is -0.455 e. The second kappa shape index (κ2) is 8.79. The van der Waals surface area contributed by atoms with Crippen LogP contribution >= 0.6 is 11.6 Å². The molecule has 0 atom stereocenters. The third-order valence-corrected chi connectivity index (χ3v) is 4.32. The summed E-state index contributed by atoms with van der Waals surface area (Å²) in [6.45, 7) is 0. The average molecular weight is 472 g/mol. The van der Waals surface area contributed by atoms with Gasteiger partial charge in [0.25, 0.3) is 11.8 Å². The van der Waals surface area contributed by atoms with Gasteiger partial charge in [0, 0.05) is 11.9 Å². The van der Waals surface area contributed by atoms with Gasteiger partial charge in [0.1, 0.15) is 28.6 Å². The molecule has 32 heavy (non-hydrogen) atoms. The summed E-state index contributed by atoms with van der Waals surface area (Å²) in [6.07, 6.45) is -4.01. The second-order valence-electron chi connectivity index (χ2n) is 6.22. The average Bonchev–Trinajstić information content (AvgIpc) is 2.69. The van der Waals surface area contributed by atoms with Gasteiger partial charge in [-0.15, -0.1) is 0 Å². The standard InChI is InChI=1S/C20H11ClF5N3O3/c21-12-7-9(22)1-3-14(12)32-15-4-2-11(20(24,25)26)17(23)16(15)19(31)29-10-5-6-28-13(8-10)18(27)30/h1-8H,(H2,27,30)(H,28,29,31). The highest BCUT2D eigenvalue weighted by atomic mass is 35.5. The Balaban J connectivity index is 2.07. The molecule has 0 bridgehead atoms. The maximum absolute atomic E-state index is 14.8. The van der Waals surface area contributed by atoms with Gasteiger partial charge < -0.3 is 15.8 Å². The Hall–Kier alpha value is -3.73. The maximum Gasteiger partial charge on any atom is 0.419 e. The topological polar surface area (TPSA) is 94.3 Å². The molecule has 3 N–H and O–H groups in total. The number of alkyl halides is 3. The van der Waals surface area contributed by atoms with Crippen molar-refractivity contribution in [3.8, 4) is 11.5 Å². The number of carbonyl (C=O) groups is 2. The van der Waals surface area contributed by atoms with Crippen LogP contribution in [0.5, 0.6) is 11.5 Å². The largest absolute Gasteiger partial charge is 0.455 e. The normalized spacial score (nSPS) is 11.2. The van der Waals surface area contributed by atoms with Crippen LogP contribution in [0.25, 0.3) is 0 Å². The summed E-state index contributed by atoms with van der Waals surface area (Å²) in [6, 6.07) is 6.22. The number of ether oxygens (including phenoxy) is 1. The SMILES string of the molecule is NC(=O)c1cc(NC(=O)c2c(Oc3ccc(F)cc3Cl)ccc(C(F)(F)F)c2F)ccn1. The van der Waals surface area contributed by atoms with Crippen molar-refractivity contribution in [1.29, 1.82) is 0 Å². The predicted octanol–water partition coefficient (Wildman–Crippen LogP) is 5.18. The highest BCUT2D eigenvalue weighted by Gasteiger charge is 2.37. The fourth-order valence-corrected chi connectivity index (χ4v) is 2.79. The summed E-state index contributed by atoms with van der Waals surface area (Å²) in [5, 5.41) is 1.89. The molecule has 2 amide bonds. The number of primary amides is 1. The van der Waals surface area contributed by atoms with Crippen molar-refractivity contribution in [1.82, 2.24) is 4.98 Å². The molecule has 0 aliphatic heterocycles. The summed E-state index contributed by atoms with van der Waals surface area (Å²) in [7, 11) is 0. The van der Waals surface area contributed by atoms with Gasteiger partial charge in [-0.2, -0.15) is 13.2 Å². The number of hydrogen-bond acceptors (Lipinski definition) is 4. The number of nitrogens with zero attached hydrogens (tertiary/aromatic N) is 1. The molecule has 3 rings (SSSR count). The Bertz CT molecular complexity index is 1220.